The van der Waals surface area contributed by atoms with Crippen LogP contribution in [-0.4, -0.2) is 21.6 Å². The van der Waals surface area contributed by atoms with Gasteiger partial charge in [0.1, 0.15) is 10.1 Å². The van der Waals surface area contributed by atoms with Crippen LogP contribution >= 0.6 is 27.3 Å². The number of halogens is 1. The highest BCUT2D eigenvalue weighted by molar-refractivity contribution is 9.10. The summed E-state index contributed by atoms with van der Waals surface area (Å²) < 4.78 is 0.745. The molecule has 2 atom stereocenters. The Morgan fingerprint density at radius 2 is 2.53 bits per heavy atom. The number of carboxylic acid groups (broad SMARTS) is 1. The number of hydrogen-bond acceptors (Lipinski definition) is 4. The third-order valence-electron chi connectivity index (χ3n) is 3.23. The number of aromatic nitrogens is 1. The predicted molar refractivity (Wildman–Crippen MR) is 71.4 cm³/mol. The molecule has 6 heteroatoms. The molecule has 94 valence electrons. The number of hydrogen-bond donors (Lipinski definition) is 2. The van der Waals surface area contributed by atoms with Gasteiger partial charge < -0.3 is 10.4 Å². The van der Waals surface area contributed by atoms with Crippen molar-refractivity contribution in [2.75, 3.05) is 5.32 Å². The molecule has 1 heterocycles. The molecular weight excluding hydrogens is 304 g/mol. The first-order chi connectivity index (χ1) is 8.02. The van der Waals surface area contributed by atoms with E-state index in [-0.39, 0.29) is 0 Å². The Labute approximate surface area is 113 Å². The van der Waals surface area contributed by atoms with Crippen molar-refractivity contribution >= 4 is 38.4 Å². The molecule has 0 aliphatic heterocycles. The van der Waals surface area contributed by atoms with E-state index >= 15 is 0 Å². The summed E-state index contributed by atoms with van der Waals surface area (Å²) in [6.45, 7) is 2.11. The number of nitrogens with zero attached hydrogens (tertiary/aromatic N) is 1. The highest BCUT2D eigenvalue weighted by Crippen LogP contribution is 2.36. The van der Waals surface area contributed by atoms with Crippen molar-refractivity contribution in [3.8, 4) is 0 Å². The molecule has 1 fully saturated rings. The van der Waals surface area contributed by atoms with Gasteiger partial charge in [-0.05, 0) is 34.7 Å². The largest absolute Gasteiger partial charge is 0.480 e. The maximum atomic E-state index is 11.5. The fourth-order valence-corrected chi connectivity index (χ4v) is 3.67. The summed E-state index contributed by atoms with van der Waals surface area (Å²) in [7, 11) is 0. The molecule has 2 unspecified atom stereocenters. The van der Waals surface area contributed by atoms with Gasteiger partial charge in [-0.15, -0.1) is 11.3 Å². The van der Waals surface area contributed by atoms with Crippen LogP contribution in [0, 0.1) is 5.92 Å². The first-order valence-electron chi connectivity index (χ1n) is 5.64. The standard InChI is InChI=1S/C11H15BrN2O2S/c1-7-3-2-4-11(5-7,9(15)16)14-10-13-8(12)6-17-10/h6-7H,2-5H2,1H3,(H,13,14)(H,15,16). The molecule has 4 nitrogen and oxygen atoms in total. The lowest BCUT2D eigenvalue weighted by molar-refractivity contribution is -0.144. The predicted octanol–water partition coefficient (Wildman–Crippen LogP) is 3.35. The van der Waals surface area contributed by atoms with Crippen LogP contribution in [0.15, 0.2) is 9.98 Å². The summed E-state index contributed by atoms with van der Waals surface area (Å²) in [6, 6.07) is 0. The fourth-order valence-electron chi connectivity index (χ4n) is 2.43. The maximum absolute atomic E-state index is 11.5. The normalized spacial score (nSPS) is 28.9. The summed E-state index contributed by atoms with van der Waals surface area (Å²) in [6.07, 6.45) is 3.40. The maximum Gasteiger partial charge on any atom is 0.329 e. The molecule has 1 aliphatic carbocycles. The van der Waals surface area contributed by atoms with Crippen LogP contribution in [0.25, 0.3) is 0 Å². The molecule has 17 heavy (non-hydrogen) atoms. The summed E-state index contributed by atoms with van der Waals surface area (Å²) in [5.41, 5.74) is -0.838. The molecule has 0 saturated heterocycles. The minimum atomic E-state index is -0.838. The van der Waals surface area contributed by atoms with Gasteiger partial charge in [-0.2, -0.15) is 0 Å². The first kappa shape index (κ1) is 12.8. The highest BCUT2D eigenvalue weighted by Gasteiger charge is 2.42. The number of rotatable bonds is 3. The van der Waals surface area contributed by atoms with E-state index in [1.54, 1.807) is 0 Å². The Bertz CT molecular complexity index is 423. The fraction of sp³-hybridized carbons (Fsp3) is 0.636. The van der Waals surface area contributed by atoms with Crippen LogP contribution in [-0.2, 0) is 4.79 Å². The molecule has 1 aliphatic rings. The van der Waals surface area contributed by atoms with Crippen molar-refractivity contribution < 1.29 is 9.90 Å². The van der Waals surface area contributed by atoms with Gasteiger partial charge in [0.15, 0.2) is 5.13 Å². The van der Waals surface area contributed by atoms with Gasteiger partial charge in [0, 0.05) is 5.38 Å². The van der Waals surface area contributed by atoms with E-state index in [1.165, 1.54) is 11.3 Å². The summed E-state index contributed by atoms with van der Waals surface area (Å²) in [5.74, 6) is -0.328. The summed E-state index contributed by atoms with van der Waals surface area (Å²) in [4.78, 5) is 15.8. The van der Waals surface area contributed by atoms with Gasteiger partial charge in [-0.1, -0.05) is 19.8 Å². The third kappa shape index (κ3) is 2.80. The number of anilines is 1. The van der Waals surface area contributed by atoms with Crippen molar-refractivity contribution in [3.63, 3.8) is 0 Å². The van der Waals surface area contributed by atoms with E-state index in [2.05, 4.69) is 33.2 Å². The van der Waals surface area contributed by atoms with Crippen molar-refractivity contribution in [2.24, 2.45) is 5.92 Å². The monoisotopic (exact) mass is 318 g/mol. The third-order valence-corrected chi connectivity index (χ3v) is 4.70. The number of nitrogens with one attached hydrogen (secondary N) is 1. The Hall–Kier alpha value is -0.620. The van der Waals surface area contributed by atoms with E-state index < -0.39 is 11.5 Å². The molecule has 1 aromatic rings. The van der Waals surface area contributed by atoms with Crippen LogP contribution in [0.1, 0.15) is 32.6 Å². The zero-order valence-corrected chi connectivity index (χ0v) is 12.0. The SMILES string of the molecule is CC1CCCC(Nc2nc(Br)cs2)(C(=O)O)C1. The van der Waals surface area contributed by atoms with Crippen LogP contribution in [0.2, 0.25) is 0 Å². The van der Waals surface area contributed by atoms with Crippen molar-refractivity contribution in [1.82, 2.24) is 4.98 Å². The lowest BCUT2D eigenvalue weighted by Gasteiger charge is -2.36. The topological polar surface area (TPSA) is 62.2 Å². The summed E-state index contributed by atoms with van der Waals surface area (Å²) >= 11 is 4.70. The van der Waals surface area contributed by atoms with E-state index in [1.807, 2.05) is 5.38 Å². The molecule has 2 rings (SSSR count). The number of carbonyl (C=O) groups is 1. The van der Waals surface area contributed by atoms with Crippen molar-refractivity contribution in [2.45, 2.75) is 38.1 Å². The van der Waals surface area contributed by atoms with Crippen LogP contribution in [0.4, 0.5) is 5.13 Å². The quantitative estimate of drug-likeness (QED) is 0.897. The van der Waals surface area contributed by atoms with E-state index in [0.717, 1.165) is 17.4 Å². The van der Waals surface area contributed by atoms with Crippen molar-refractivity contribution in [1.29, 1.82) is 0 Å². The van der Waals surface area contributed by atoms with E-state index in [4.69, 9.17) is 0 Å². The smallest absolute Gasteiger partial charge is 0.329 e. The minimum Gasteiger partial charge on any atom is -0.480 e. The van der Waals surface area contributed by atoms with Crippen LogP contribution in [0.5, 0.6) is 0 Å². The molecule has 0 spiro atoms. The Morgan fingerprint density at radius 1 is 1.76 bits per heavy atom. The molecule has 0 amide bonds. The van der Waals surface area contributed by atoms with Gasteiger partial charge in [-0.3, -0.25) is 0 Å². The second kappa shape index (κ2) is 4.94. The minimum absolute atomic E-state index is 0.441. The highest BCUT2D eigenvalue weighted by atomic mass is 79.9. The molecule has 1 aromatic heterocycles. The lowest BCUT2D eigenvalue weighted by atomic mass is 9.76. The Morgan fingerprint density at radius 3 is 3.06 bits per heavy atom. The average molecular weight is 319 g/mol. The lowest BCUT2D eigenvalue weighted by Crippen LogP contribution is -2.49. The molecular formula is C11H15BrN2O2S. The van der Waals surface area contributed by atoms with Gasteiger partial charge in [-0.25, -0.2) is 9.78 Å². The number of thiazole rings is 1. The first-order valence-corrected chi connectivity index (χ1v) is 7.32. The van der Waals surface area contributed by atoms with Gasteiger partial charge in [0.2, 0.25) is 0 Å². The molecule has 0 bridgehead atoms. The van der Waals surface area contributed by atoms with Crippen LogP contribution in [0.3, 0.4) is 0 Å². The second-order valence-electron chi connectivity index (χ2n) is 4.69. The average Bonchev–Trinajstić information content (AvgIpc) is 2.63. The zero-order chi connectivity index (χ0) is 12.5. The number of carboxylic acids is 1. The Balaban J connectivity index is 2.19. The molecule has 0 radical (unpaired) electrons. The van der Waals surface area contributed by atoms with Gasteiger partial charge in [0.25, 0.3) is 0 Å². The van der Waals surface area contributed by atoms with Crippen molar-refractivity contribution in [3.05, 3.63) is 9.98 Å². The molecule has 1 saturated carbocycles. The molecule has 2 N–H and O–H groups in total. The Kier molecular flexibility index (Phi) is 3.73. The van der Waals surface area contributed by atoms with Gasteiger partial charge in [0.05, 0.1) is 0 Å². The van der Waals surface area contributed by atoms with Crippen LogP contribution < -0.4 is 5.32 Å². The zero-order valence-electron chi connectivity index (χ0n) is 9.57. The molecule has 0 aromatic carbocycles. The number of aliphatic carboxylic acids is 1. The van der Waals surface area contributed by atoms with Gasteiger partial charge >= 0.3 is 5.97 Å². The van der Waals surface area contributed by atoms with E-state index in [0.29, 0.717) is 23.9 Å². The second-order valence-corrected chi connectivity index (χ2v) is 6.36. The summed E-state index contributed by atoms with van der Waals surface area (Å²) in [5, 5.41) is 15.1. The van der Waals surface area contributed by atoms with E-state index in [9.17, 15) is 9.90 Å².